The van der Waals surface area contributed by atoms with Crippen molar-refractivity contribution in [2.45, 2.75) is 23.0 Å². The highest BCUT2D eigenvalue weighted by atomic mass is 35.5. The molecule has 0 unspecified atom stereocenters. The quantitative estimate of drug-likeness (QED) is 0.369. The number of aliphatic imine (C=N–C) groups is 1. The van der Waals surface area contributed by atoms with Gasteiger partial charge in [-0.15, -0.1) is 10.2 Å². The van der Waals surface area contributed by atoms with Gasteiger partial charge in [-0.2, -0.15) is 4.99 Å². The molecule has 0 aliphatic carbocycles. The molecule has 1 saturated heterocycles. The van der Waals surface area contributed by atoms with Crippen molar-refractivity contribution in [1.82, 2.24) is 34.2 Å². The van der Waals surface area contributed by atoms with Crippen LogP contribution in [0.3, 0.4) is 0 Å². The van der Waals surface area contributed by atoms with E-state index in [0.29, 0.717) is 47.4 Å². The van der Waals surface area contributed by atoms with E-state index < -0.39 is 11.2 Å². The molecule has 1 N–H and O–H groups in total. The summed E-state index contributed by atoms with van der Waals surface area (Å²) >= 11 is 9.56. The molecule has 0 atom stereocenters. The number of imidazole rings is 1. The van der Waals surface area contributed by atoms with Crippen LogP contribution in [-0.2, 0) is 25.4 Å². The Morgan fingerprint density at radius 2 is 1.89 bits per heavy atom. The van der Waals surface area contributed by atoms with Gasteiger partial charge in [0.25, 0.3) is 11.5 Å². The van der Waals surface area contributed by atoms with E-state index >= 15 is 0 Å². The number of nitrogens with one attached hydrogen (secondary N) is 1. The Labute approximate surface area is 220 Å². The topological polar surface area (TPSA) is 129 Å². The molecule has 0 saturated carbocycles. The average Bonchev–Trinajstić information content (AvgIpc) is 3.55. The Hall–Kier alpha value is -3.20. The minimum absolute atomic E-state index is 0.253. The lowest BCUT2D eigenvalue weighted by atomic mass is 10.2. The number of nitrogens with zero attached hydrogens (tertiary/aromatic N) is 7. The summed E-state index contributed by atoms with van der Waals surface area (Å²) in [6.07, 6.45) is 1.76. The maximum absolute atomic E-state index is 12.7. The first kappa shape index (κ1) is 24.5. The summed E-state index contributed by atoms with van der Waals surface area (Å²) in [6, 6.07) is 7.16. The first-order valence-electron chi connectivity index (χ1n) is 10.5. The van der Waals surface area contributed by atoms with Gasteiger partial charge in [0, 0.05) is 25.7 Å². The molecule has 3 aromatic heterocycles. The summed E-state index contributed by atoms with van der Waals surface area (Å²) in [5.41, 5.74) is 0.649. The minimum Gasteiger partial charge on any atom is -0.313 e. The van der Waals surface area contributed by atoms with Gasteiger partial charge in [0.05, 0.1) is 4.91 Å². The van der Waals surface area contributed by atoms with Crippen molar-refractivity contribution >= 4 is 79.9 Å². The number of thioether (sulfide) groups is 1. The van der Waals surface area contributed by atoms with E-state index in [4.69, 9.17) is 11.6 Å². The molecule has 5 rings (SSSR count). The van der Waals surface area contributed by atoms with Gasteiger partial charge in [-0.05, 0) is 54.2 Å². The molecule has 4 aromatic rings. The number of aryl methyl sites for hydroxylation is 2. The fraction of sp³-hybridized carbons (Fsp3) is 0.190. The van der Waals surface area contributed by atoms with Crippen LogP contribution in [0.5, 0.6) is 0 Å². The van der Waals surface area contributed by atoms with E-state index in [1.165, 1.54) is 46.5 Å². The van der Waals surface area contributed by atoms with Gasteiger partial charge >= 0.3 is 5.69 Å². The maximum atomic E-state index is 12.7. The largest absolute Gasteiger partial charge is 0.332 e. The van der Waals surface area contributed by atoms with Crippen molar-refractivity contribution in [3.63, 3.8) is 0 Å². The fourth-order valence-corrected chi connectivity index (χ4v) is 6.22. The van der Waals surface area contributed by atoms with Gasteiger partial charge in [-0.25, -0.2) is 9.78 Å². The van der Waals surface area contributed by atoms with Crippen molar-refractivity contribution in [3.05, 3.63) is 60.6 Å². The van der Waals surface area contributed by atoms with Gasteiger partial charge in [-0.3, -0.25) is 18.7 Å². The van der Waals surface area contributed by atoms with Crippen molar-refractivity contribution < 1.29 is 4.79 Å². The number of aromatic nitrogens is 6. The van der Waals surface area contributed by atoms with Gasteiger partial charge in [0.2, 0.25) is 5.13 Å². The van der Waals surface area contributed by atoms with Gasteiger partial charge in [0.15, 0.2) is 25.8 Å². The lowest BCUT2D eigenvalue weighted by Crippen LogP contribution is -2.37. The van der Waals surface area contributed by atoms with Crippen LogP contribution in [0.15, 0.2) is 53.2 Å². The van der Waals surface area contributed by atoms with Crippen LogP contribution >= 0.6 is 46.5 Å². The Balaban J connectivity index is 1.39. The van der Waals surface area contributed by atoms with Crippen molar-refractivity contribution in [1.29, 1.82) is 0 Å². The van der Waals surface area contributed by atoms with Crippen LogP contribution in [0.2, 0.25) is 5.02 Å². The second-order valence-corrected chi connectivity index (χ2v) is 11.1. The number of carbonyl (C=O) groups excluding carboxylic acids is 1. The number of rotatable bonds is 5. The molecule has 4 heterocycles. The molecular weight excluding hydrogens is 544 g/mol. The van der Waals surface area contributed by atoms with Gasteiger partial charge in [-0.1, -0.05) is 35.1 Å². The number of amidine groups is 1. The smallest absolute Gasteiger partial charge is 0.313 e. The Kier molecular flexibility index (Phi) is 6.59. The van der Waals surface area contributed by atoms with Crippen LogP contribution in [0.1, 0.15) is 12.5 Å². The van der Waals surface area contributed by atoms with Crippen LogP contribution in [0, 0.1) is 0 Å². The van der Waals surface area contributed by atoms with E-state index in [2.05, 4.69) is 25.5 Å². The number of hydrogen-bond acceptors (Lipinski definition) is 10. The molecule has 0 spiro atoms. The molecule has 0 bridgehead atoms. The number of carbonyl (C=O) groups is 1. The number of fused-ring (bicyclic) bond motifs is 1. The molecule has 1 aliphatic rings. The van der Waals surface area contributed by atoms with E-state index in [1.54, 1.807) is 29.8 Å². The van der Waals surface area contributed by atoms with Crippen LogP contribution in [0.4, 0.5) is 5.13 Å². The standard InChI is InChI=1S/C21H17ClN8O3S3/c1-4-30-13-14(28(2)21(33)29(3)16(13)32)23-19(30)36-20-27-26-18(35-20)25-17-24-15(31)12(34-17)9-10-5-7-11(22)8-6-10/h5-9H,4H2,1-3H3,(H,24,25,26,31)/b12-9-. The molecule has 15 heteroatoms. The molecule has 1 fully saturated rings. The summed E-state index contributed by atoms with van der Waals surface area (Å²) in [5, 5.41) is 12.9. The SMILES string of the molecule is CCn1c(Sc2nnc(/N=C3\NC(=O)/C(=C/c4ccc(Cl)cc4)S3)s2)nc2c1c(=O)n(C)c(=O)n2C. The summed E-state index contributed by atoms with van der Waals surface area (Å²) < 4.78 is 4.70. The Morgan fingerprint density at radius 3 is 2.61 bits per heavy atom. The monoisotopic (exact) mass is 560 g/mol. The van der Waals surface area contributed by atoms with Crippen LogP contribution in [-0.4, -0.2) is 40.0 Å². The summed E-state index contributed by atoms with van der Waals surface area (Å²) in [7, 11) is 3.02. The number of amides is 1. The fourth-order valence-electron chi connectivity index (χ4n) is 3.44. The third kappa shape index (κ3) is 4.52. The van der Waals surface area contributed by atoms with Crippen molar-refractivity contribution in [2.75, 3.05) is 0 Å². The second-order valence-electron chi connectivity index (χ2n) is 7.50. The third-order valence-corrected chi connectivity index (χ3v) is 8.24. The van der Waals surface area contributed by atoms with E-state index in [9.17, 15) is 14.4 Å². The van der Waals surface area contributed by atoms with E-state index in [1.807, 2.05) is 19.1 Å². The zero-order valence-electron chi connectivity index (χ0n) is 19.1. The second kappa shape index (κ2) is 9.69. The molecule has 1 aromatic carbocycles. The zero-order chi connectivity index (χ0) is 25.6. The molecule has 1 aliphatic heterocycles. The molecule has 0 radical (unpaired) electrons. The van der Waals surface area contributed by atoms with Crippen LogP contribution < -0.4 is 16.6 Å². The average molecular weight is 561 g/mol. The van der Waals surface area contributed by atoms with Crippen molar-refractivity contribution in [2.24, 2.45) is 19.1 Å². The minimum atomic E-state index is -0.445. The predicted molar refractivity (Wildman–Crippen MR) is 142 cm³/mol. The zero-order valence-corrected chi connectivity index (χ0v) is 22.3. The Bertz CT molecular complexity index is 1700. The van der Waals surface area contributed by atoms with E-state index in [-0.39, 0.29) is 5.91 Å². The number of halogens is 1. The van der Waals surface area contributed by atoms with Gasteiger partial charge < -0.3 is 9.88 Å². The van der Waals surface area contributed by atoms with Crippen molar-refractivity contribution in [3.8, 4) is 0 Å². The molecule has 184 valence electrons. The highest BCUT2D eigenvalue weighted by Crippen LogP contribution is 2.35. The molecule has 11 nitrogen and oxygen atoms in total. The Morgan fingerprint density at radius 1 is 1.14 bits per heavy atom. The summed E-state index contributed by atoms with van der Waals surface area (Å²) in [4.78, 5) is 46.8. The molecule has 1 amide bonds. The third-order valence-electron chi connectivity index (χ3n) is 5.22. The lowest BCUT2D eigenvalue weighted by molar-refractivity contribution is -0.115. The number of hydrogen-bond donors (Lipinski definition) is 1. The van der Waals surface area contributed by atoms with Gasteiger partial charge in [0.1, 0.15) is 0 Å². The lowest BCUT2D eigenvalue weighted by Gasteiger charge is -2.05. The van der Waals surface area contributed by atoms with E-state index in [0.717, 1.165) is 10.1 Å². The summed E-state index contributed by atoms with van der Waals surface area (Å²) in [5.74, 6) is -0.253. The normalized spacial score (nSPS) is 15.9. The highest BCUT2D eigenvalue weighted by molar-refractivity contribution is 8.18. The molecular formula is C21H17ClN8O3S3. The first-order valence-corrected chi connectivity index (χ1v) is 13.3. The summed E-state index contributed by atoms with van der Waals surface area (Å²) in [6.45, 7) is 2.37. The van der Waals surface area contributed by atoms with Crippen LogP contribution in [0.25, 0.3) is 17.2 Å². The first-order chi connectivity index (χ1) is 17.2. The highest BCUT2D eigenvalue weighted by Gasteiger charge is 2.25. The maximum Gasteiger partial charge on any atom is 0.332 e. The number of benzene rings is 1. The predicted octanol–water partition coefficient (Wildman–Crippen LogP) is 3.00. The molecule has 36 heavy (non-hydrogen) atoms.